The van der Waals surface area contributed by atoms with Gasteiger partial charge in [0.15, 0.2) is 0 Å². The molecular formula is C11H8ClN3O3S. The quantitative estimate of drug-likeness (QED) is 0.694. The lowest BCUT2D eigenvalue weighted by Crippen LogP contribution is -2.23. The van der Waals surface area contributed by atoms with Crippen LogP contribution in [0.5, 0.6) is 0 Å². The van der Waals surface area contributed by atoms with Crippen LogP contribution in [0.1, 0.15) is 15.4 Å². The van der Waals surface area contributed by atoms with Gasteiger partial charge in [0.05, 0.1) is 11.5 Å². The van der Waals surface area contributed by atoms with Gasteiger partial charge in [-0.1, -0.05) is 17.7 Å². The predicted octanol–water partition coefficient (Wildman–Crippen LogP) is 2.63. The van der Waals surface area contributed by atoms with Crippen molar-refractivity contribution >= 4 is 34.5 Å². The van der Waals surface area contributed by atoms with E-state index < -0.39 is 10.8 Å². The third-order valence-corrected chi connectivity index (χ3v) is 3.38. The first kappa shape index (κ1) is 13.4. The maximum atomic E-state index is 11.9. The molecule has 0 bridgehead atoms. The minimum atomic E-state index is -0.666. The van der Waals surface area contributed by atoms with Gasteiger partial charge in [0, 0.05) is 11.6 Å². The number of para-hydroxylation sites is 1. The number of rotatable bonds is 4. The molecule has 2 rings (SSSR count). The van der Waals surface area contributed by atoms with E-state index in [4.69, 9.17) is 11.6 Å². The van der Waals surface area contributed by atoms with Crippen molar-refractivity contribution < 1.29 is 9.72 Å². The van der Waals surface area contributed by atoms with Crippen molar-refractivity contribution in [2.75, 3.05) is 0 Å². The van der Waals surface area contributed by atoms with E-state index in [-0.39, 0.29) is 22.8 Å². The molecule has 19 heavy (non-hydrogen) atoms. The number of carbonyl (C=O) groups is 1. The lowest BCUT2D eigenvalue weighted by atomic mass is 10.1. The summed E-state index contributed by atoms with van der Waals surface area (Å²) in [6.45, 7) is 0.222. The van der Waals surface area contributed by atoms with Gasteiger partial charge in [0.1, 0.15) is 15.6 Å². The summed E-state index contributed by atoms with van der Waals surface area (Å²) in [4.78, 5) is 26.2. The van der Waals surface area contributed by atoms with Gasteiger partial charge in [-0.25, -0.2) is 4.98 Å². The van der Waals surface area contributed by atoms with E-state index in [9.17, 15) is 14.9 Å². The molecule has 1 N–H and O–H groups in total. The summed E-state index contributed by atoms with van der Waals surface area (Å²) in [6.07, 6.45) is 1.62. The zero-order valence-corrected chi connectivity index (χ0v) is 11.1. The molecule has 1 aromatic heterocycles. The van der Waals surface area contributed by atoms with Crippen molar-refractivity contribution in [3.8, 4) is 0 Å². The van der Waals surface area contributed by atoms with Gasteiger partial charge in [-0.3, -0.25) is 14.9 Å². The SMILES string of the molecule is O=C(NCc1nccs1)c1cccc(Cl)c1[N+](=O)[O-]. The fraction of sp³-hybridized carbons (Fsp3) is 0.0909. The molecule has 8 heteroatoms. The van der Waals surface area contributed by atoms with Crippen molar-refractivity contribution in [2.24, 2.45) is 0 Å². The first-order valence-corrected chi connectivity index (χ1v) is 6.45. The van der Waals surface area contributed by atoms with Crippen LogP contribution in [0.25, 0.3) is 0 Å². The minimum Gasteiger partial charge on any atom is -0.345 e. The number of nitro groups is 1. The molecule has 0 fully saturated rings. The highest BCUT2D eigenvalue weighted by atomic mass is 35.5. The molecule has 0 atom stereocenters. The molecule has 2 aromatic rings. The standard InChI is InChI=1S/C11H8ClN3O3S/c12-8-3-1-2-7(10(8)15(17)18)11(16)14-6-9-13-4-5-19-9/h1-5H,6H2,(H,14,16). The van der Waals surface area contributed by atoms with Crippen molar-refractivity contribution in [3.05, 3.63) is 55.5 Å². The normalized spacial score (nSPS) is 10.2. The number of nitrogens with one attached hydrogen (secondary N) is 1. The number of hydrogen-bond acceptors (Lipinski definition) is 5. The second-order valence-corrected chi connectivity index (χ2v) is 4.89. The van der Waals surface area contributed by atoms with Crippen molar-refractivity contribution in [1.82, 2.24) is 10.3 Å². The highest BCUT2D eigenvalue weighted by Gasteiger charge is 2.23. The molecule has 98 valence electrons. The summed E-state index contributed by atoms with van der Waals surface area (Å²) < 4.78 is 0. The highest BCUT2D eigenvalue weighted by molar-refractivity contribution is 7.09. The average molecular weight is 298 g/mol. The minimum absolute atomic E-state index is 0.0611. The van der Waals surface area contributed by atoms with Crippen molar-refractivity contribution in [2.45, 2.75) is 6.54 Å². The van der Waals surface area contributed by atoms with Gasteiger partial charge in [0.25, 0.3) is 5.91 Å². The molecule has 0 aliphatic carbocycles. The number of halogens is 1. The first-order chi connectivity index (χ1) is 9.09. The van der Waals surface area contributed by atoms with Gasteiger partial charge in [-0.15, -0.1) is 11.3 Å². The van der Waals surface area contributed by atoms with Crippen LogP contribution in [0.3, 0.4) is 0 Å². The van der Waals surface area contributed by atoms with Crippen molar-refractivity contribution in [1.29, 1.82) is 0 Å². The van der Waals surface area contributed by atoms with Gasteiger partial charge in [0.2, 0.25) is 0 Å². The van der Waals surface area contributed by atoms with E-state index in [1.807, 2.05) is 0 Å². The van der Waals surface area contributed by atoms with Crippen LogP contribution in [-0.4, -0.2) is 15.8 Å². The van der Waals surface area contributed by atoms with E-state index in [0.717, 1.165) is 5.01 Å². The number of thiazole rings is 1. The summed E-state index contributed by atoms with van der Waals surface area (Å²) in [5, 5.41) is 15.9. The predicted molar refractivity (Wildman–Crippen MR) is 71.4 cm³/mol. The summed E-state index contributed by atoms with van der Waals surface area (Å²) >= 11 is 7.12. The monoisotopic (exact) mass is 297 g/mol. The van der Waals surface area contributed by atoms with Gasteiger partial charge in [-0.2, -0.15) is 0 Å². The molecule has 6 nitrogen and oxygen atoms in total. The van der Waals surface area contributed by atoms with Crippen LogP contribution in [-0.2, 0) is 6.54 Å². The lowest BCUT2D eigenvalue weighted by molar-refractivity contribution is -0.385. The zero-order chi connectivity index (χ0) is 13.8. The summed E-state index contributed by atoms with van der Waals surface area (Å²) in [5.74, 6) is -0.551. The van der Waals surface area contributed by atoms with Crippen LogP contribution < -0.4 is 5.32 Å². The third-order valence-electron chi connectivity index (χ3n) is 2.30. The van der Waals surface area contributed by atoms with Crippen LogP contribution >= 0.6 is 22.9 Å². The van der Waals surface area contributed by atoms with E-state index in [1.54, 1.807) is 11.6 Å². The first-order valence-electron chi connectivity index (χ1n) is 5.19. The maximum Gasteiger partial charge on any atom is 0.300 e. The second kappa shape index (κ2) is 5.77. The van der Waals surface area contributed by atoms with Crippen LogP contribution in [0.15, 0.2) is 29.8 Å². The third kappa shape index (κ3) is 3.07. The lowest BCUT2D eigenvalue weighted by Gasteiger charge is -2.05. The fourth-order valence-corrected chi connectivity index (χ4v) is 2.28. The average Bonchev–Trinajstić information content (AvgIpc) is 2.88. The van der Waals surface area contributed by atoms with Gasteiger partial charge >= 0.3 is 5.69 Å². The van der Waals surface area contributed by atoms with E-state index in [2.05, 4.69) is 10.3 Å². The molecule has 1 amide bonds. The Kier molecular flexibility index (Phi) is 4.08. The van der Waals surface area contributed by atoms with Gasteiger partial charge in [-0.05, 0) is 12.1 Å². The second-order valence-electron chi connectivity index (χ2n) is 3.50. The van der Waals surface area contributed by atoms with Crippen LogP contribution in [0.2, 0.25) is 5.02 Å². The molecule has 0 unspecified atom stereocenters. The molecule has 0 radical (unpaired) electrons. The molecule has 0 aliphatic rings. The molecule has 0 saturated heterocycles. The Morgan fingerprint density at radius 2 is 2.32 bits per heavy atom. The van der Waals surface area contributed by atoms with Gasteiger partial charge < -0.3 is 5.32 Å². The summed E-state index contributed by atoms with van der Waals surface area (Å²) in [7, 11) is 0. The topological polar surface area (TPSA) is 85.1 Å². The Bertz CT molecular complexity index is 616. The Morgan fingerprint density at radius 3 is 2.95 bits per heavy atom. The Morgan fingerprint density at radius 1 is 1.53 bits per heavy atom. The number of nitrogens with zero attached hydrogens (tertiary/aromatic N) is 2. The molecule has 0 aliphatic heterocycles. The number of aromatic nitrogens is 1. The van der Waals surface area contributed by atoms with E-state index >= 15 is 0 Å². The number of hydrogen-bond donors (Lipinski definition) is 1. The number of amides is 1. The highest BCUT2D eigenvalue weighted by Crippen LogP contribution is 2.28. The smallest absolute Gasteiger partial charge is 0.300 e. The molecule has 0 saturated carbocycles. The molecule has 1 aromatic carbocycles. The molecular weight excluding hydrogens is 290 g/mol. The summed E-state index contributed by atoms with van der Waals surface area (Å²) in [6, 6.07) is 4.23. The number of carbonyl (C=O) groups excluding carboxylic acids is 1. The zero-order valence-electron chi connectivity index (χ0n) is 9.50. The largest absolute Gasteiger partial charge is 0.345 e. The number of nitro benzene ring substituents is 1. The van der Waals surface area contributed by atoms with Crippen LogP contribution in [0, 0.1) is 10.1 Å². The Balaban J connectivity index is 2.19. The van der Waals surface area contributed by atoms with E-state index in [0.29, 0.717) is 0 Å². The van der Waals surface area contributed by atoms with Crippen molar-refractivity contribution in [3.63, 3.8) is 0 Å². The molecule has 0 spiro atoms. The Labute approximate surface area is 117 Å². The number of benzene rings is 1. The van der Waals surface area contributed by atoms with E-state index in [1.165, 1.54) is 29.5 Å². The Hall–Kier alpha value is -1.99. The fourth-order valence-electron chi connectivity index (χ4n) is 1.48. The summed E-state index contributed by atoms with van der Waals surface area (Å²) in [5.41, 5.74) is -0.449. The molecule has 1 heterocycles. The maximum absolute atomic E-state index is 11.9. The van der Waals surface area contributed by atoms with Crippen LogP contribution in [0.4, 0.5) is 5.69 Å².